The third-order valence-corrected chi connectivity index (χ3v) is 5.54. The van der Waals surface area contributed by atoms with Crippen molar-refractivity contribution in [2.24, 2.45) is 23.7 Å². The van der Waals surface area contributed by atoms with Crippen molar-refractivity contribution in [1.82, 2.24) is 10.6 Å². The molecule has 3 saturated carbocycles. The van der Waals surface area contributed by atoms with Gasteiger partial charge in [0.1, 0.15) is 0 Å². The topological polar surface area (TPSA) is 50.4 Å². The molecule has 5 unspecified atom stereocenters. The first-order valence-corrected chi connectivity index (χ1v) is 7.78. The van der Waals surface area contributed by atoms with Gasteiger partial charge in [0, 0.05) is 19.7 Å². The van der Waals surface area contributed by atoms with Crippen LogP contribution in [0.15, 0.2) is 0 Å². The number of hydrogen-bond acceptors (Lipinski definition) is 3. The Bertz CT molecular complexity index is 334. The average molecular weight is 266 g/mol. The number of methoxy groups -OCH3 is 1. The minimum Gasteiger partial charge on any atom is -0.383 e. The molecule has 0 spiro atoms. The molecule has 0 radical (unpaired) electrons. The molecule has 1 amide bonds. The van der Waals surface area contributed by atoms with Crippen molar-refractivity contribution in [3.63, 3.8) is 0 Å². The normalized spacial score (nSPS) is 39.5. The molecule has 2 bridgehead atoms. The van der Waals surface area contributed by atoms with E-state index in [0.717, 1.165) is 30.2 Å². The van der Waals surface area contributed by atoms with E-state index in [0.29, 0.717) is 19.2 Å². The zero-order chi connectivity index (χ0) is 13.2. The first-order valence-electron chi connectivity index (χ1n) is 7.78. The Balaban J connectivity index is 1.43. The van der Waals surface area contributed by atoms with Gasteiger partial charge in [-0.25, -0.2) is 0 Å². The molecular formula is C15H26N2O2. The van der Waals surface area contributed by atoms with Gasteiger partial charge in [-0.3, -0.25) is 4.79 Å². The molecule has 5 atom stereocenters. The van der Waals surface area contributed by atoms with Crippen LogP contribution >= 0.6 is 0 Å². The van der Waals surface area contributed by atoms with E-state index < -0.39 is 0 Å². The lowest BCUT2D eigenvalue weighted by Crippen LogP contribution is -2.45. The molecule has 4 nitrogen and oxygen atoms in total. The molecule has 2 N–H and O–H groups in total. The number of ether oxygens (including phenoxy) is 1. The van der Waals surface area contributed by atoms with Gasteiger partial charge in [0.2, 0.25) is 5.91 Å². The highest BCUT2D eigenvalue weighted by Crippen LogP contribution is 2.58. The fraction of sp³-hybridized carbons (Fsp3) is 0.933. The molecule has 0 saturated heterocycles. The molecule has 0 aliphatic heterocycles. The van der Waals surface area contributed by atoms with Gasteiger partial charge >= 0.3 is 0 Å². The van der Waals surface area contributed by atoms with Gasteiger partial charge < -0.3 is 15.4 Å². The Morgan fingerprint density at radius 1 is 1.21 bits per heavy atom. The molecule has 3 aliphatic rings. The molecule has 0 aromatic carbocycles. The van der Waals surface area contributed by atoms with E-state index in [1.165, 1.54) is 32.1 Å². The Labute approximate surface area is 115 Å². The van der Waals surface area contributed by atoms with Crippen molar-refractivity contribution in [3.8, 4) is 0 Å². The second kappa shape index (κ2) is 5.80. The molecule has 3 aliphatic carbocycles. The SMILES string of the molecule is COCCNCC(=O)NC1CC2CC1C1CCCC21. The van der Waals surface area contributed by atoms with Crippen molar-refractivity contribution in [1.29, 1.82) is 0 Å². The Morgan fingerprint density at radius 3 is 2.89 bits per heavy atom. The molecule has 4 heteroatoms. The van der Waals surface area contributed by atoms with Crippen LogP contribution in [0.25, 0.3) is 0 Å². The second-order valence-corrected chi connectivity index (χ2v) is 6.50. The van der Waals surface area contributed by atoms with Crippen molar-refractivity contribution in [2.45, 2.75) is 38.1 Å². The zero-order valence-corrected chi connectivity index (χ0v) is 11.9. The smallest absolute Gasteiger partial charge is 0.234 e. The van der Waals surface area contributed by atoms with Gasteiger partial charge in [-0.15, -0.1) is 0 Å². The number of rotatable bonds is 6. The zero-order valence-electron chi connectivity index (χ0n) is 11.9. The van der Waals surface area contributed by atoms with Crippen LogP contribution in [-0.2, 0) is 9.53 Å². The summed E-state index contributed by atoms with van der Waals surface area (Å²) in [4.78, 5) is 11.9. The van der Waals surface area contributed by atoms with E-state index in [1.54, 1.807) is 7.11 Å². The van der Waals surface area contributed by atoms with Crippen LogP contribution in [0.2, 0.25) is 0 Å². The van der Waals surface area contributed by atoms with Crippen LogP contribution in [0.3, 0.4) is 0 Å². The molecular weight excluding hydrogens is 240 g/mol. The molecule has 0 aromatic rings. The van der Waals surface area contributed by atoms with E-state index in [-0.39, 0.29) is 5.91 Å². The summed E-state index contributed by atoms with van der Waals surface area (Å²) in [5, 5.41) is 6.37. The maximum atomic E-state index is 11.9. The molecule has 3 fully saturated rings. The Kier molecular flexibility index (Phi) is 4.08. The maximum Gasteiger partial charge on any atom is 0.234 e. The monoisotopic (exact) mass is 266 g/mol. The largest absolute Gasteiger partial charge is 0.383 e. The fourth-order valence-corrected chi connectivity index (χ4v) is 4.87. The van der Waals surface area contributed by atoms with E-state index in [4.69, 9.17) is 4.74 Å². The lowest BCUT2D eigenvalue weighted by Gasteiger charge is -2.32. The predicted molar refractivity (Wildman–Crippen MR) is 73.7 cm³/mol. The minimum absolute atomic E-state index is 0.156. The van der Waals surface area contributed by atoms with Crippen LogP contribution in [-0.4, -0.2) is 38.8 Å². The molecule has 19 heavy (non-hydrogen) atoms. The van der Waals surface area contributed by atoms with E-state index in [1.807, 2.05) is 0 Å². The molecule has 0 heterocycles. The second-order valence-electron chi connectivity index (χ2n) is 6.50. The minimum atomic E-state index is 0.156. The van der Waals surface area contributed by atoms with E-state index in [2.05, 4.69) is 10.6 Å². The number of amides is 1. The summed E-state index contributed by atoms with van der Waals surface area (Å²) in [6.07, 6.45) is 6.88. The van der Waals surface area contributed by atoms with Crippen LogP contribution in [0.1, 0.15) is 32.1 Å². The first-order chi connectivity index (χ1) is 9.29. The lowest BCUT2D eigenvalue weighted by atomic mass is 9.79. The van der Waals surface area contributed by atoms with Gasteiger partial charge in [0.15, 0.2) is 0 Å². The van der Waals surface area contributed by atoms with Gasteiger partial charge in [-0.2, -0.15) is 0 Å². The van der Waals surface area contributed by atoms with Crippen LogP contribution in [0.5, 0.6) is 0 Å². The van der Waals surface area contributed by atoms with Crippen molar-refractivity contribution < 1.29 is 9.53 Å². The fourth-order valence-electron chi connectivity index (χ4n) is 4.87. The molecule has 3 rings (SSSR count). The summed E-state index contributed by atoms with van der Waals surface area (Å²) < 4.78 is 4.95. The molecule has 0 aromatic heterocycles. The highest BCUT2D eigenvalue weighted by molar-refractivity contribution is 5.78. The maximum absolute atomic E-state index is 11.9. The predicted octanol–water partition coefficient (Wildman–Crippen LogP) is 1.16. The summed E-state index contributed by atoms with van der Waals surface area (Å²) >= 11 is 0. The van der Waals surface area contributed by atoms with Gasteiger partial charge in [0.05, 0.1) is 13.2 Å². The number of fused-ring (bicyclic) bond motifs is 5. The van der Waals surface area contributed by atoms with Crippen LogP contribution < -0.4 is 10.6 Å². The summed E-state index contributed by atoms with van der Waals surface area (Å²) in [5.74, 6) is 3.76. The van der Waals surface area contributed by atoms with Gasteiger partial charge in [-0.05, 0) is 49.4 Å². The van der Waals surface area contributed by atoms with Gasteiger partial charge in [-0.1, -0.05) is 6.42 Å². The van der Waals surface area contributed by atoms with Crippen molar-refractivity contribution in [3.05, 3.63) is 0 Å². The highest BCUT2D eigenvalue weighted by Gasteiger charge is 2.53. The quantitative estimate of drug-likeness (QED) is 0.709. The summed E-state index contributed by atoms with van der Waals surface area (Å²) in [7, 11) is 1.68. The number of carbonyl (C=O) groups is 1. The third-order valence-electron chi connectivity index (χ3n) is 5.54. The van der Waals surface area contributed by atoms with Crippen molar-refractivity contribution in [2.75, 3.05) is 26.8 Å². The Morgan fingerprint density at radius 2 is 2.05 bits per heavy atom. The average Bonchev–Trinajstić information content (AvgIpc) is 3.05. The number of nitrogens with one attached hydrogen (secondary N) is 2. The highest BCUT2D eigenvalue weighted by atomic mass is 16.5. The molecule has 108 valence electrons. The number of hydrogen-bond donors (Lipinski definition) is 2. The summed E-state index contributed by atoms with van der Waals surface area (Å²) in [6.45, 7) is 1.82. The van der Waals surface area contributed by atoms with Crippen LogP contribution in [0, 0.1) is 23.7 Å². The number of carbonyl (C=O) groups excluding carboxylic acids is 1. The van der Waals surface area contributed by atoms with E-state index >= 15 is 0 Å². The summed E-state index contributed by atoms with van der Waals surface area (Å²) in [6, 6.07) is 0.459. The van der Waals surface area contributed by atoms with Crippen LogP contribution in [0.4, 0.5) is 0 Å². The first kappa shape index (κ1) is 13.4. The standard InChI is InChI=1S/C15H26N2O2/c1-19-6-5-16-9-15(18)17-14-8-10-7-13(14)12-4-2-3-11(10)12/h10-14,16H,2-9H2,1H3,(H,17,18). The summed E-state index contributed by atoms with van der Waals surface area (Å²) in [5.41, 5.74) is 0. The Hall–Kier alpha value is -0.610. The van der Waals surface area contributed by atoms with Crippen molar-refractivity contribution >= 4 is 5.91 Å². The third kappa shape index (κ3) is 2.65. The lowest BCUT2D eigenvalue weighted by molar-refractivity contribution is -0.121. The van der Waals surface area contributed by atoms with Gasteiger partial charge in [0.25, 0.3) is 0 Å². The van der Waals surface area contributed by atoms with E-state index in [9.17, 15) is 4.79 Å².